The zero-order valence-electron chi connectivity index (χ0n) is 9.55. The van der Waals surface area contributed by atoms with Gasteiger partial charge >= 0.3 is 6.18 Å². The number of aromatic amines is 1. The lowest BCUT2D eigenvalue weighted by atomic mass is 10.1. The van der Waals surface area contributed by atoms with E-state index in [1.54, 1.807) is 4.98 Å². The molecule has 2 aromatic rings. The van der Waals surface area contributed by atoms with Crippen molar-refractivity contribution in [1.82, 2.24) is 4.98 Å². The van der Waals surface area contributed by atoms with E-state index >= 15 is 0 Å². The largest absolute Gasteiger partial charge is 0.507 e. The molecule has 8 heteroatoms. The minimum Gasteiger partial charge on any atom is -0.507 e. The van der Waals surface area contributed by atoms with Gasteiger partial charge in [-0.05, 0) is 12.1 Å². The van der Waals surface area contributed by atoms with Gasteiger partial charge in [0.2, 0.25) is 0 Å². The van der Waals surface area contributed by atoms with Gasteiger partial charge in [-0.3, -0.25) is 4.79 Å². The van der Waals surface area contributed by atoms with Crippen LogP contribution in [0, 0.1) is 0 Å². The normalized spacial score (nSPS) is 11.7. The predicted octanol–water partition coefficient (Wildman–Crippen LogP) is 4.07. The minimum atomic E-state index is -4.78. The Hall–Kier alpha value is -1.66. The van der Waals surface area contributed by atoms with Gasteiger partial charge in [0.25, 0.3) is 5.56 Å². The maximum atomic E-state index is 12.5. The van der Waals surface area contributed by atoms with Crippen molar-refractivity contribution in [3.05, 3.63) is 50.4 Å². The molecule has 0 aliphatic rings. The topological polar surface area (TPSA) is 53.1 Å². The Kier molecular flexibility index (Phi) is 3.71. The molecular formula is C12H6Cl2F3NO2. The van der Waals surface area contributed by atoms with E-state index in [0.717, 1.165) is 0 Å². The minimum absolute atomic E-state index is 0.0247. The van der Waals surface area contributed by atoms with Crippen molar-refractivity contribution in [2.24, 2.45) is 0 Å². The molecule has 0 amide bonds. The molecule has 0 saturated heterocycles. The van der Waals surface area contributed by atoms with Crippen LogP contribution in [0.15, 0.2) is 29.1 Å². The predicted molar refractivity (Wildman–Crippen MR) is 69.2 cm³/mol. The standard InChI is InChI=1S/C12H6Cl2F3NO2/c13-5-2-1-3-6(14)9(5)10-7(19)4-8(12(15,16)17)18-11(10)20/h1-4H,(H2,18,19,20). The molecule has 1 heterocycles. The highest BCUT2D eigenvalue weighted by Crippen LogP contribution is 2.38. The van der Waals surface area contributed by atoms with Gasteiger partial charge in [0.05, 0.1) is 15.6 Å². The van der Waals surface area contributed by atoms with Crippen molar-refractivity contribution in [3.63, 3.8) is 0 Å². The zero-order chi connectivity index (χ0) is 15.1. The van der Waals surface area contributed by atoms with Gasteiger partial charge in [-0.1, -0.05) is 29.3 Å². The van der Waals surface area contributed by atoms with E-state index in [2.05, 4.69) is 0 Å². The highest BCUT2D eigenvalue weighted by atomic mass is 35.5. The number of pyridine rings is 1. The number of alkyl halides is 3. The number of aromatic hydroxyl groups is 1. The number of rotatable bonds is 1. The van der Waals surface area contributed by atoms with Gasteiger partial charge in [-0.2, -0.15) is 13.2 Å². The highest BCUT2D eigenvalue weighted by molar-refractivity contribution is 6.39. The highest BCUT2D eigenvalue weighted by Gasteiger charge is 2.33. The van der Waals surface area contributed by atoms with Gasteiger partial charge in [0.15, 0.2) is 0 Å². The first-order valence-electron chi connectivity index (χ1n) is 5.19. The molecule has 0 aliphatic carbocycles. The number of nitrogens with one attached hydrogen (secondary N) is 1. The molecule has 3 nitrogen and oxygen atoms in total. The van der Waals surface area contributed by atoms with Crippen LogP contribution in [0.3, 0.4) is 0 Å². The average molecular weight is 324 g/mol. The number of benzene rings is 1. The van der Waals surface area contributed by atoms with E-state index in [1.807, 2.05) is 0 Å². The third-order valence-corrected chi connectivity index (χ3v) is 3.16. The second-order valence-electron chi connectivity index (χ2n) is 3.87. The Morgan fingerprint density at radius 3 is 2.10 bits per heavy atom. The van der Waals surface area contributed by atoms with Crippen molar-refractivity contribution in [1.29, 1.82) is 0 Å². The van der Waals surface area contributed by atoms with Crippen LogP contribution in [0.1, 0.15) is 5.69 Å². The molecule has 0 bridgehead atoms. The molecule has 0 unspecified atom stereocenters. The molecule has 0 fully saturated rings. The van der Waals surface area contributed by atoms with Crippen molar-refractivity contribution >= 4 is 23.2 Å². The fourth-order valence-electron chi connectivity index (χ4n) is 1.68. The van der Waals surface area contributed by atoms with Crippen LogP contribution >= 0.6 is 23.2 Å². The molecule has 0 saturated carbocycles. The molecule has 0 radical (unpaired) electrons. The smallest absolute Gasteiger partial charge is 0.431 e. The maximum Gasteiger partial charge on any atom is 0.431 e. The molecule has 106 valence electrons. The number of hydrogen-bond acceptors (Lipinski definition) is 2. The Balaban J connectivity index is 2.75. The van der Waals surface area contributed by atoms with E-state index < -0.39 is 28.7 Å². The summed E-state index contributed by atoms with van der Waals surface area (Å²) in [4.78, 5) is 13.4. The summed E-state index contributed by atoms with van der Waals surface area (Å²) in [6, 6.07) is 4.72. The van der Waals surface area contributed by atoms with E-state index in [0.29, 0.717) is 6.07 Å². The van der Waals surface area contributed by atoms with E-state index in [1.165, 1.54) is 18.2 Å². The lowest BCUT2D eigenvalue weighted by Gasteiger charge is -2.11. The van der Waals surface area contributed by atoms with Crippen LogP contribution in [-0.4, -0.2) is 10.1 Å². The summed E-state index contributed by atoms with van der Waals surface area (Å²) in [5.41, 5.74) is -2.92. The number of aromatic nitrogens is 1. The Labute approximate surface area is 120 Å². The molecular weight excluding hydrogens is 318 g/mol. The van der Waals surface area contributed by atoms with Crippen LogP contribution in [0.5, 0.6) is 5.75 Å². The van der Waals surface area contributed by atoms with Crippen LogP contribution in [0.4, 0.5) is 13.2 Å². The van der Waals surface area contributed by atoms with Crippen LogP contribution in [0.2, 0.25) is 10.0 Å². The van der Waals surface area contributed by atoms with E-state index in [4.69, 9.17) is 23.2 Å². The van der Waals surface area contributed by atoms with Gasteiger partial charge in [-0.25, -0.2) is 0 Å². The summed E-state index contributed by atoms with van der Waals surface area (Å²) in [6.45, 7) is 0. The van der Waals surface area contributed by atoms with Gasteiger partial charge < -0.3 is 10.1 Å². The quantitative estimate of drug-likeness (QED) is 0.831. The zero-order valence-corrected chi connectivity index (χ0v) is 11.1. The summed E-state index contributed by atoms with van der Waals surface area (Å²) in [5, 5.41) is 9.78. The summed E-state index contributed by atoms with van der Waals surface area (Å²) in [5.74, 6) is -0.851. The first-order chi connectivity index (χ1) is 9.21. The fourth-order valence-corrected chi connectivity index (χ4v) is 2.26. The SMILES string of the molecule is O=c1[nH]c(C(F)(F)F)cc(O)c1-c1c(Cl)cccc1Cl. The second kappa shape index (κ2) is 5.03. The summed E-state index contributed by atoms with van der Waals surface area (Å²) in [7, 11) is 0. The average Bonchev–Trinajstić information content (AvgIpc) is 2.30. The summed E-state index contributed by atoms with van der Waals surface area (Å²) < 4.78 is 37.5. The molecule has 20 heavy (non-hydrogen) atoms. The van der Waals surface area contributed by atoms with Crippen molar-refractivity contribution < 1.29 is 18.3 Å². The van der Waals surface area contributed by atoms with Crippen LogP contribution in [0.25, 0.3) is 11.1 Å². The fraction of sp³-hybridized carbons (Fsp3) is 0.0833. The van der Waals surface area contributed by atoms with Crippen molar-refractivity contribution in [3.8, 4) is 16.9 Å². The number of H-pyrrole nitrogens is 1. The van der Waals surface area contributed by atoms with Crippen LogP contribution < -0.4 is 5.56 Å². The molecule has 2 rings (SSSR count). The summed E-state index contributed by atoms with van der Waals surface area (Å²) >= 11 is 11.7. The first-order valence-corrected chi connectivity index (χ1v) is 5.95. The monoisotopic (exact) mass is 323 g/mol. The van der Waals surface area contributed by atoms with Gasteiger partial charge in [0, 0.05) is 11.6 Å². The lowest BCUT2D eigenvalue weighted by Crippen LogP contribution is -2.18. The number of hydrogen-bond donors (Lipinski definition) is 2. The Morgan fingerprint density at radius 2 is 1.65 bits per heavy atom. The molecule has 2 N–H and O–H groups in total. The van der Waals surface area contributed by atoms with E-state index in [9.17, 15) is 23.1 Å². The molecule has 0 aliphatic heterocycles. The van der Waals surface area contributed by atoms with Gasteiger partial charge in [-0.15, -0.1) is 0 Å². The van der Waals surface area contributed by atoms with Gasteiger partial charge in [0.1, 0.15) is 11.4 Å². The Bertz CT molecular complexity index is 705. The summed E-state index contributed by atoms with van der Waals surface area (Å²) in [6.07, 6.45) is -4.78. The van der Waals surface area contributed by atoms with E-state index in [-0.39, 0.29) is 15.6 Å². The lowest BCUT2D eigenvalue weighted by molar-refractivity contribution is -0.141. The molecule has 0 spiro atoms. The Morgan fingerprint density at radius 1 is 1.10 bits per heavy atom. The third kappa shape index (κ3) is 2.62. The third-order valence-electron chi connectivity index (χ3n) is 2.53. The molecule has 1 aromatic heterocycles. The molecule has 1 aromatic carbocycles. The van der Waals surface area contributed by atoms with Crippen molar-refractivity contribution in [2.75, 3.05) is 0 Å². The van der Waals surface area contributed by atoms with Crippen molar-refractivity contribution in [2.45, 2.75) is 6.18 Å². The maximum absolute atomic E-state index is 12.5. The number of halogens is 5. The molecule has 0 atom stereocenters. The van der Waals surface area contributed by atoms with Crippen LogP contribution in [-0.2, 0) is 6.18 Å². The second-order valence-corrected chi connectivity index (χ2v) is 4.68. The first kappa shape index (κ1) is 14.7.